The predicted molar refractivity (Wildman–Crippen MR) is 82.9 cm³/mol. The van der Waals surface area contributed by atoms with Crippen LogP contribution in [0, 0.1) is 0 Å². The Labute approximate surface area is 129 Å². The van der Waals surface area contributed by atoms with Crippen molar-refractivity contribution in [3.63, 3.8) is 0 Å². The second-order valence-electron chi connectivity index (χ2n) is 6.33. The number of aryl methyl sites for hydroxylation is 1. The number of nitrogens with one attached hydrogen (secondary N) is 2. The Morgan fingerprint density at radius 2 is 2.14 bits per heavy atom. The average Bonchev–Trinajstić information content (AvgIpc) is 3.24. The lowest BCUT2D eigenvalue weighted by Gasteiger charge is -2.19. The van der Waals surface area contributed by atoms with Gasteiger partial charge in [-0.15, -0.1) is 0 Å². The van der Waals surface area contributed by atoms with Gasteiger partial charge in [-0.05, 0) is 25.7 Å². The minimum absolute atomic E-state index is 0.107. The maximum Gasteiger partial charge on any atom is 0.260 e. The number of fused-ring (bicyclic) bond motifs is 1. The van der Waals surface area contributed by atoms with Crippen LogP contribution >= 0.6 is 0 Å². The van der Waals surface area contributed by atoms with E-state index >= 15 is 0 Å². The van der Waals surface area contributed by atoms with Gasteiger partial charge in [-0.1, -0.05) is 19.3 Å². The van der Waals surface area contributed by atoms with Crippen LogP contribution in [0.5, 0.6) is 0 Å². The topological polar surface area (TPSA) is 75.6 Å². The second kappa shape index (κ2) is 5.59. The third-order valence-corrected chi connectivity index (χ3v) is 4.86. The number of aromatic nitrogens is 4. The molecule has 1 aliphatic heterocycles. The number of rotatable bonds is 3. The molecular weight excluding hydrogens is 278 g/mol. The van der Waals surface area contributed by atoms with Gasteiger partial charge in [0.1, 0.15) is 0 Å². The highest BCUT2D eigenvalue weighted by atomic mass is 16.1. The van der Waals surface area contributed by atoms with E-state index in [4.69, 9.17) is 0 Å². The molecule has 4 rings (SSSR count). The SMILES string of the molecule is O=C(Nc1cc(C2CCCCC2)[nH]n1)c1cnn2c1CCC2. The highest BCUT2D eigenvalue weighted by molar-refractivity contribution is 6.04. The number of carbonyl (C=O) groups excluding carboxylic acids is 1. The largest absolute Gasteiger partial charge is 0.305 e. The summed E-state index contributed by atoms with van der Waals surface area (Å²) >= 11 is 0. The monoisotopic (exact) mass is 299 g/mol. The predicted octanol–water partition coefficient (Wildman–Crippen LogP) is 2.85. The van der Waals surface area contributed by atoms with Crippen LogP contribution in [0.2, 0.25) is 0 Å². The zero-order valence-corrected chi connectivity index (χ0v) is 12.6. The van der Waals surface area contributed by atoms with Crippen LogP contribution in [0.15, 0.2) is 12.3 Å². The van der Waals surface area contributed by atoms with Crippen LogP contribution in [0.3, 0.4) is 0 Å². The van der Waals surface area contributed by atoms with Crippen LogP contribution in [-0.2, 0) is 13.0 Å². The summed E-state index contributed by atoms with van der Waals surface area (Å²) < 4.78 is 1.92. The Morgan fingerprint density at radius 3 is 3.00 bits per heavy atom. The molecule has 6 heteroatoms. The van der Waals surface area contributed by atoms with Gasteiger partial charge in [0, 0.05) is 24.2 Å². The molecule has 3 heterocycles. The number of carbonyl (C=O) groups is 1. The lowest BCUT2D eigenvalue weighted by molar-refractivity contribution is 0.102. The molecule has 2 aliphatic rings. The van der Waals surface area contributed by atoms with Gasteiger partial charge >= 0.3 is 0 Å². The Hall–Kier alpha value is -2.11. The molecule has 2 aromatic heterocycles. The first-order valence-corrected chi connectivity index (χ1v) is 8.22. The highest BCUT2D eigenvalue weighted by Gasteiger charge is 2.22. The van der Waals surface area contributed by atoms with Crippen LogP contribution in [0.25, 0.3) is 0 Å². The van der Waals surface area contributed by atoms with Gasteiger partial charge in [0.2, 0.25) is 0 Å². The fraction of sp³-hybridized carbons (Fsp3) is 0.562. The summed E-state index contributed by atoms with van der Waals surface area (Å²) in [6.07, 6.45) is 9.99. The van der Waals surface area contributed by atoms with Gasteiger partial charge in [0.25, 0.3) is 5.91 Å². The molecule has 1 aliphatic carbocycles. The fourth-order valence-electron chi connectivity index (χ4n) is 3.66. The molecule has 0 radical (unpaired) electrons. The zero-order chi connectivity index (χ0) is 14.9. The molecule has 0 bridgehead atoms. The summed E-state index contributed by atoms with van der Waals surface area (Å²) in [6, 6.07) is 1.98. The molecule has 0 spiro atoms. The molecular formula is C16H21N5O. The molecule has 0 unspecified atom stereocenters. The summed E-state index contributed by atoms with van der Waals surface area (Å²) in [7, 11) is 0. The molecule has 1 saturated carbocycles. The van der Waals surface area contributed by atoms with E-state index in [0.29, 0.717) is 17.3 Å². The first kappa shape index (κ1) is 13.5. The Balaban J connectivity index is 1.46. The average molecular weight is 299 g/mol. The van der Waals surface area contributed by atoms with Gasteiger partial charge in [0.15, 0.2) is 5.82 Å². The summed E-state index contributed by atoms with van der Waals surface area (Å²) in [5, 5.41) is 14.5. The summed E-state index contributed by atoms with van der Waals surface area (Å²) in [5.41, 5.74) is 2.87. The maximum atomic E-state index is 12.4. The third-order valence-electron chi connectivity index (χ3n) is 4.86. The number of H-pyrrole nitrogens is 1. The smallest absolute Gasteiger partial charge is 0.260 e. The normalized spacial score (nSPS) is 18.4. The van der Waals surface area contributed by atoms with E-state index in [-0.39, 0.29) is 5.91 Å². The van der Waals surface area contributed by atoms with Crippen LogP contribution < -0.4 is 5.32 Å². The van der Waals surface area contributed by atoms with Gasteiger partial charge in [-0.2, -0.15) is 10.2 Å². The van der Waals surface area contributed by atoms with Crippen molar-refractivity contribution >= 4 is 11.7 Å². The molecule has 6 nitrogen and oxygen atoms in total. The molecule has 0 atom stereocenters. The third kappa shape index (κ3) is 2.42. The van der Waals surface area contributed by atoms with Crippen molar-refractivity contribution in [2.45, 2.75) is 57.4 Å². The summed E-state index contributed by atoms with van der Waals surface area (Å²) in [5.74, 6) is 1.07. The molecule has 1 amide bonds. The van der Waals surface area contributed by atoms with E-state index in [2.05, 4.69) is 20.6 Å². The van der Waals surface area contributed by atoms with Gasteiger partial charge in [-0.25, -0.2) is 0 Å². The lowest BCUT2D eigenvalue weighted by Crippen LogP contribution is -2.13. The Bertz CT molecular complexity index is 681. The summed E-state index contributed by atoms with van der Waals surface area (Å²) in [6.45, 7) is 0.914. The Morgan fingerprint density at radius 1 is 1.27 bits per heavy atom. The van der Waals surface area contributed by atoms with E-state index in [1.54, 1.807) is 6.20 Å². The molecule has 2 aromatic rings. The van der Waals surface area contributed by atoms with E-state index in [1.165, 1.54) is 32.1 Å². The van der Waals surface area contributed by atoms with Crippen molar-refractivity contribution in [2.75, 3.05) is 5.32 Å². The van der Waals surface area contributed by atoms with E-state index in [9.17, 15) is 4.79 Å². The standard InChI is InChI=1S/C16H21N5O/c22-16(12-10-17-21-8-4-7-14(12)21)18-15-9-13(19-20-15)11-5-2-1-3-6-11/h9-11H,1-8H2,(H2,18,19,20,22). The minimum atomic E-state index is -0.107. The number of hydrogen-bond donors (Lipinski definition) is 2. The molecule has 1 fully saturated rings. The van der Waals surface area contributed by atoms with E-state index in [0.717, 1.165) is 30.8 Å². The van der Waals surface area contributed by atoms with Crippen molar-refractivity contribution < 1.29 is 4.79 Å². The minimum Gasteiger partial charge on any atom is -0.305 e. The first-order chi connectivity index (χ1) is 10.8. The Kier molecular flexibility index (Phi) is 3.44. The van der Waals surface area contributed by atoms with Crippen molar-refractivity contribution in [3.8, 4) is 0 Å². The van der Waals surface area contributed by atoms with Gasteiger partial charge in [-0.3, -0.25) is 14.6 Å². The highest BCUT2D eigenvalue weighted by Crippen LogP contribution is 2.32. The van der Waals surface area contributed by atoms with Crippen molar-refractivity contribution in [1.29, 1.82) is 0 Å². The van der Waals surface area contributed by atoms with Crippen molar-refractivity contribution in [2.24, 2.45) is 0 Å². The number of hydrogen-bond acceptors (Lipinski definition) is 3. The number of aromatic amines is 1. The fourth-order valence-corrected chi connectivity index (χ4v) is 3.66. The van der Waals surface area contributed by atoms with Crippen LogP contribution in [0.4, 0.5) is 5.82 Å². The molecule has 22 heavy (non-hydrogen) atoms. The zero-order valence-electron chi connectivity index (χ0n) is 12.6. The number of nitrogens with zero attached hydrogens (tertiary/aromatic N) is 3. The molecule has 0 aromatic carbocycles. The first-order valence-electron chi connectivity index (χ1n) is 8.22. The molecule has 2 N–H and O–H groups in total. The van der Waals surface area contributed by atoms with Crippen LogP contribution in [0.1, 0.15) is 66.2 Å². The second-order valence-corrected chi connectivity index (χ2v) is 6.33. The molecule has 0 saturated heterocycles. The lowest BCUT2D eigenvalue weighted by atomic mass is 9.87. The number of amides is 1. The van der Waals surface area contributed by atoms with Crippen LogP contribution in [-0.4, -0.2) is 25.9 Å². The van der Waals surface area contributed by atoms with Crippen molar-refractivity contribution in [3.05, 3.63) is 29.2 Å². The summed E-state index contributed by atoms with van der Waals surface area (Å²) in [4.78, 5) is 12.4. The van der Waals surface area contributed by atoms with E-state index < -0.39 is 0 Å². The van der Waals surface area contributed by atoms with Gasteiger partial charge < -0.3 is 5.32 Å². The number of anilines is 1. The maximum absolute atomic E-state index is 12.4. The van der Waals surface area contributed by atoms with E-state index in [1.807, 2.05) is 10.7 Å². The molecule has 116 valence electrons. The van der Waals surface area contributed by atoms with Gasteiger partial charge in [0.05, 0.1) is 17.5 Å². The quantitative estimate of drug-likeness (QED) is 0.915. The van der Waals surface area contributed by atoms with Crippen molar-refractivity contribution in [1.82, 2.24) is 20.0 Å².